The molecule has 90 heavy (non-hydrogen) atoms. The van der Waals surface area contributed by atoms with Gasteiger partial charge >= 0.3 is 0 Å². The van der Waals surface area contributed by atoms with Crippen molar-refractivity contribution < 1.29 is 38.4 Å². The van der Waals surface area contributed by atoms with Crippen LogP contribution in [0.3, 0.4) is 0 Å². The van der Waals surface area contributed by atoms with E-state index in [0.29, 0.717) is 38.8 Å². The molecule has 490 valence electrons. The van der Waals surface area contributed by atoms with E-state index < -0.39 is 59.9 Å². The largest absolute Gasteiger partial charge is 0.370 e. The highest BCUT2D eigenvalue weighted by molar-refractivity contribution is 6.29. The fourth-order valence-corrected chi connectivity index (χ4v) is 10.8. The van der Waals surface area contributed by atoms with Gasteiger partial charge in [0.2, 0.25) is 35.4 Å². The summed E-state index contributed by atoms with van der Waals surface area (Å²) in [5.74, 6) is -4.51. The Morgan fingerprint density at radius 3 is 0.811 bits per heavy atom. The minimum Gasteiger partial charge on any atom is -0.370 e. The van der Waals surface area contributed by atoms with Crippen molar-refractivity contribution in [3.05, 3.63) is 144 Å². The first kappa shape index (κ1) is 74.6. The average molecular weight is 1280 g/mol. The SMILES string of the molecule is N=C(N)NCCCC(NC(=O)C(Cc1ccccc1)NC(=O)C(Cc1ccccc1)NC(=O)CCCCCCCCCCCCCCCCC(=O)NC(Cc1ccccc1)C(=O)NC(Cc1ccccc1)C(=O)NC(CCCNC(=N)N)C(=O)CCl)C(=O)CCl. The summed E-state index contributed by atoms with van der Waals surface area (Å²) in [7, 11) is 0. The van der Waals surface area contributed by atoms with E-state index in [0.717, 1.165) is 99.3 Å². The normalized spacial score (nSPS) is 13.0. The molecule has 0 radical (unpaired) electrons. The number of rotatable bonds is 47. The predicted octanol–water partition coefficient (Wildman–Crippen LogP) is 7.25. The molecule has 0 saturated heterocycles. The van der Waals surface area contributed by atoms with Crippen molar-refractivity contribution in [3.8, 4) is 0 Å². The predicted molar refractivity (Wildman–Crippen MR) is 356 cm³/mol. The van der Waals surface area contributed by atoms with E-state index in [1.165, 1.54) is 0 Å². The molecule has 6 atom stereocenters. The van der Waals surface area contributed by atoms with Gasteiger partial charge in [0.1, 0.15) is 24.2 Å². The van der Waals surface area contributed by atoms with Crippen molar-refractivity contribution in [2.45, 2.75) is 190 Å². The smallest absolute Gasteiger partial charge is 0.243 e. The summed E-state index contributed by atoms with van der Waals surface area (Å²) in [6.07, 6.45) is 16.5. The van der Waals surface area contributed by atoms with E-state index in [-0.39, 0.29) is 98.4 Å². The lowest BCUT2D eigenvalue weighted by molar-refractivity contribution is -0.133. The number of halogens is 2. The molecule has 0 saturated carbocycles. The summed E-state index contributed by atoms with van der Waals surface area (Å²) in [6.45, 7) is 0.636. The number of nitrogens with two attached hydrogens (primary N) is 2. The lowest BCUT2D eigenvalue weighted by Crippen LogP contribution is -2.57. The first-order valence-corrected chi connectivity index (χ1v) is 32.9. The standard InChI is InChI=1S/C68H96Cl2N12O8/c69-47-59(83)53(37-27-41-75-67(71)72)79-65(89)57(45-51-33-21-15-22-34-51)81-63(87)55(43-49-29-17-13-18-30-49)77-61(85)39-25-11-9-7-5-3-1-2-4-6-8-10-12-26-40-62(86)78-56(44-50-31-19-14-20-32-50)64(88)82-58(46-52-35-23-16-24-36-52)66(90)80-54(60(84)48-70)38-28-42-76-68(73)74/h13-24,29-36,53-58H,1-12,25-28,37-48H2,(H,77,85)(H,78,86)(H,79,89)(H,80,90)(H,81,87)(H,82,88)(H4,71,72,75)(H4,73,74,76). The van der Waals surface area contributed by atoms with Gasteiger partial charge in [0.15, 0.2) is 23.5 Å². The Bertz CT molecular complexity index is 2620. The lowest BCUT2D eigenvalue weighted by Gasteiger charge is -2.25. The van der Waals surface area contributed by atoms with Crippen LogP contribution in [0.5, 0.6) is 0 Å². The Morgan fingerprint density at radius 2 is 0.567 bits per heavy atom. The maximum Gasteiger partial charge on any atom is 0.243 e. The van der Waals surface area contributed by atoms with Crippen LogP contribution in [0.15, 0.2) is 121 Å². The fourth-order valence-electron chi connectivity index (χ4n) is 10.4. The van der Waals surface area contributed by atoms with Gasteiger partial charge in [-0.1, -0.05) is 198 Å². The summed E-state index contributed by atoms with van der Waals surface area (Å²) in [6, 6.07) is 31.1. The number of nitrogens with one attached hydrogen (secondary N) is 10. The number of unbranched alkanes of at least 4 members (excludes halogenated alkanes) is 13. The van der Waals surface area contributed by atoms with Crippen LogP contribution < -0.4 is 54.0 Å². The number of carbonyl (C=O) groups is 8. The second kappa shape index (κ2) is 44.6. The van der Waals surface area contributed by atoms with Crippen molar-refractivity contribution in [3.63, 3.8) is 0 Å². The number of carbonyl (C=O) groups excluding carboxylic acids is 8. The van der Waals surface area contributed by atoms with Crippen LogP contribution >= 0.6 is 23.2 Å². The molecule has 0 heterocycles. The van der Waals surface area contributed by atoms with E-state index in [1.54, 1.807) is 0 Å². The third-order valence-electron chi connectivity index (χ3n) is 15.4. The van der Waals surface area contributed by atoms with E-state index in [1.807, 2.05) is 121 Å². The number of Topliss-reactive ketones (excluding diaryl/α,β-unsaturated/α-hetero) is 2. The second-order valence-corrected chi connectivity index (χ2v) is 23.4. The Balaban J connectivity index is 1.15. The Labute approximate surface area is 541 Å². The van der Waals surface area contributed by atoms with Crippen LogP contribution in [0.1, 0.15) is 151 Å². The van der Waals surface area contributed by atoms with Gasteiger partial charge < -0.3 is 54.0 Å². The fraction of sp³-hybridized carbons (Fsp3) is 0.500. The van der Waals surface area contributed by atoms with Crippen LogP contribution in [0.4, 0.5) is 0 Å². The monoisotopic (exact) mass is 1280 g/mol. The molecule has 0 fully saturated rings. The molecule has 0 aromatic heterocycles. The maximum atomic E-state index is 14.1. The van der Waals surface area contributed by atoms with Crippen LogP contribution in [-0.2, 0) is 64.0 Å². The highest BCUT2D eigenvalue weighted by Crippen LogP contribution is 2.16. The highest BCUT2D eigenvalue weighted by atomic mass is 35.5. The molecule has 0 aliphatic heterocycles. The van der Waals surface area contributed by atoms with Gasteiger partial charge in [-0.25, -0.2) is 0 Å². The molecule has 0 aliphatic carbocycles. The number of amides is 6. The first-order chi connectivity index (χ1) is 43.5. The third-order valence-corrected chi connectivity index (χ3v) is 15.9. The number of guanidine groups is 2. The molecular weight excluding hydrogens is 1180 g/mol. The van der Waals surface area contributed by atoms with Crippen LogP contribution in [0.2, 0.25) is 0 Å². The van der Waals surface area contributed by atoms with E-state index in [9.17, 15) is 38.4 Å². The molecule has 0 spiro atoms. The number of ketones is 2. The Morgan fingerprint density at radius 1 is 0.333 bits per heavy atom. The van der Waals surface area contributed by atoms with Gasteiger partial charge in [-0.05, 0) is 60.8 Å². The molecule has 6 amide bonds. The van der Waals surface area contributed by atoms with E-state index in [4.69, 9.17) is 45.5 Å². The summed E-state index contributed by atoms with van der Waals surface area (Å²) in [4.78, 5) is 108. The second-order valence-electron chi connectivity index (χ2n) is 22.9. The zero-order valence-corrected chi connectivity index (χ0v) is 53.5. The molecule has 4 aromatic carbocycles. The van der Waals surface area contributed by atoms with Gasteiger partial charge in [-0.15, -0.1) is 23.2 Å². The summed E-state index contributed by atoms with van der Waals surface area (Å²) in [5.41, 5.74) is 14.0. The van der Waals surface area contributed by atoms with Crippen LogP contribution in [0.25, 0.3) is 0 Å². The van der Waals surface area contributed by atoms with Crippen molar-refractivity contribution in [1.82, 2.24) is 42.5 Å². The summed E-state index contributed by atoms with van der Waals surface area (Å²) >= 11 is 11.8. The van der Waals surface area contributed by atoms with E-state index in [2.05, 4.69) is 42.5 Å². The number of hydrogen-bond acceptors (Lipinski definition) is 10. The molecular formula is C68H96Cl2N12O8. The van der Waals surface area contributed by atoms with Crippen LogP contribution in [-0.4, -0.2) is 120 Å². The number of hydrogen-bond donors (Lipinski definition) is 12. The van der Waals surface area contributed by atoms with Gasteiger partial charge in [0, 0.05) is 51.6 Å². The average Bonchev–Trinajstić information content (AvgIpc) is 1.87. The number of alkyl halides is 2. The quantitative estimate of drug-likeness (QED) is 0.00901. The molecule has 4 rings (SSSR count). The molecule has 14 N–H and O–H groups in total. The van der Waals surface area contributed by atoms with Gasteiger partial charge in [-0.3, -0.25) is 49.2 Å². The lowest BCUT2D eigenvalue weighted by atomic mass is 10.0. The van der Waals surface area contributed by atoms with Crippen molar-refractivity contribution >= 4 is 82.1 Å². The van der Waals surface area contributed by atoms with Crippen LogP contribution in [0, 0.1) is 10.8 Å². The third kappa shape index (κ3) is 32.1. The maximum absolute atomic E-state index is 14.1. The summed E-state index contributed by atoms with van der Waals surface area (Å²) in [5, 5.41) is 37.4. The van der Waals surface area contributed by atoms with Gasteiger partial charge in [0.05, 0.1) is 23.8 Å². The van der Waals surface area contributed by atoms with Gasteiger partial charge in [0.25, 0.3) is 0 Å². The first-order valence-electron chi connectivity index (χ1n) is 31.8. The highest BCUT2D eigenvalue weighted by Gasteiger charge is 2.32. The number of benzene rings is 4. The summed E-state index contributed by atoms with van der Waals surface area (Å²) < 4.78 is 0. The molecule has 22 heteroatoms. The molecule has 6 unspecified atom stereocenters. The van der Waals surface area contributed by atoms with Crippen molar-refractivity contribution in [1.29, 1.82) is 10.8 Å². The minimum absolute atomic E-state index is 0.135. The van der Waals surface area contributed by atoms with Gasteiger partial charge in [-0.2, -0.15) is 0 Å². The van der Waals surface area contributed by atoms with Crippen molar-refractivity contribution in [2.24, 2.45) is 11.5 Å². The molecule has 0 aliphatic rings. The zero-order valence-electron chi connectivity index (χ0n) is 52.0. The molecule has 20 nitrogen and oxygen atoms in total. The van der Waals surface area contributed by atoms with Crippen molar-refractivity contribution in [2.75, 3.05) is 24.8 Å². The molecule has 0 bridgehead atoms. The zero-order chi connectivity index (χ0) is 65.1. The minimum atomic E-state index is -1.07. The molecule has 4 aromatic rings. The Hall–Kier alpha value is -7.84. The topological polar surface area (TPSA) is 333 Å². The van der Waals surface area contributed by atoms with E-state index >= 15 is 0 Å². The Kier molecular flexibility index (Phi) is 37.0.